The van der Waals surface area contributed by atoms with Gasteiger partial charge >= 0.3 is 12.1 Å². The van der Waals surface area contributed by atoms with Crippen molar-refractivity contribution in [1.29, 1.82) is 0 Å². The van der Waals surface area contributed by atoms with Gasteiger partial charge in [-0.05, 0) is 48.9 Å². The van der Waals surface area contributed by atoms with E-state index >= 15 is 0 Å². The molecule has 0 N–H and O–H groups in total. The molecule has 0 spiro atoms. The standard InChI is InChI=1S/C20H16ClNO6/c1-3-26-20(24)27-16-8-7-12(10-17(16)25-2)9-15-19(23)28-18(22-15)13-5-4-6-14(21)11-13/h4-11H,3H2,1-2H3/b15-9-. The predicted molar refractivity (Wildman–Crippen MR) is 103 cm³/mol. The fourth-order valence-electron chi connectivity index (χ4n) is 2.41. The summed E-state index contributed by atoms with van der Waals surface area (Å²) in [5, 5.41) is 0.510. The predicted octanol–water partition coefficient (Wildman–Crippen LogP) is 4.23. The van der Waals surface area contributed by atoms with E-state index in [1.807, 2.05) is 0 Å². The zero-order chi connectivity index (χ0) is 20.1. The number of nitrogens with zero attached hydrogens (tertiary/aromatic N) is 1. The minimum atomic E-state index is -0.831. The third-order valence-corrected chi connectivity index (χ3v) is 3.87. The van der Waals surface area contributed by atoms with E-state index in [1.165, 1.54) is 19.3 Å². The van der Waals surface area contributed by atoms with E-state index < -0.39 is 12.1 Å². The maximum absolute atomic E-state index is 12.1. The number of halogens is 1. The molecule has 0 aromatic heterocycles. The first-order chi connectivity index (χ1) is 13.5. The van der Waals surface area contributed by atoms with Crippen molar-refractivity contribution in [2.75, 3.05) is 13.7 Å². The minimum absolute atomic E-state index is 0.121. The minimum Gasteiger partial charge on any atom is -0.493 e. The van der Waals surface area contributed by atoms with Gasteiger partial charge in [-0.3, -0.25) is 0 Å². The van der Waals surface area contributed by atoms with Crippen LogP contribution in [0.5, 0.6) is 11.5 Å². The molecule has 7 nitrogen and oxygen atoms in total. The van der Waals surface area contributed by atoms with Crippen LogP contribution in [0.25, 0.3) is 6.08 Å². The van der Waals surface area contributed by atoms with Crippen molar-refractivity contribution in [2.45, 2.75) is 6.92 Å². The van der Waals surface area contributed by atoms with Gasteiger partial charge in [0, 0.05) is 10.6 Å². The first-order valence-electron chi connectivity index (χ1n) is 8.31. The topological polar surface area (TPSA) is 83.4 Å². The van der Waals surface area contributed by atoms with Gasteiger partial charge in [-0.25, -0.2) is 14.6 Å². The van der Waals surface area contributed by atoms with Crippen LogP contribution in [0, 0.1) is 0 Å². The molecule has 0 bridgehead atoms. The number of methoxy groups -OCH3 is 1. The van der Waals surface area contributed by atoms with Crippen molar-refractivity contribution in [3.05, 3.63) is 64.3 Å². The second-order valence-corrected chi connectivity index (χ2v) is 5.98. The molecule has 0 unspecified atom stereocenters. The molecule has 0 fully saturated rings. The monoisotopic (exact) mass is 401 g/mol. The van der Waals surface area contributed by atoms with Gasteiger partial charge in [-0.15, -0.1) is 0 Å². The highest BCUT2D eigenvalue weighted by molar-refractivity contribution is 6.31. The maximum Gasteiger partial charge on any atom is 0.513 e. The van der Waals surface area contributed by atoms with Crippen LogP contribution in [0.4, 0.5) is 4.79 Å². The van der Waals surface area contributed by atoms with E-state index in [2.05, 4.69) is 4.99 Å². The largest absolute Gasteiger partial charge is 0.513 e. The first kappa shape index (κ1) is 19.4. The number of hydrogen-bond donors (Lipinski definition) is 0. The molecule has 2 aromatic rings. The van der Waals surface area contributed by atoms with E-state index in [-0.39, 0.29) is 24.0 Å². The van der Waals surface area contributed by atoms with Crippen molar-refractivity contribution < 1.29 is 28.5 Å². The number of esters is 1. The summed E-state index contributed by atoms with van der Waals surface area (Å²) in [4.78, 5) is 27.8. The molecule has 0 saturated carbocycles. The van der Waals surface area contributed by atoms with Crippen LogP contribution in [0.3, 0.4) is 0 Å². The molecule has 8 heteroatoms. The van der Waals surface area contributed by atoms with Crippen molar-refractivity contribution in [3.8, 4) is 11.5 Å². The summed E-state index contributed by atoms with van der Waals surface area (Å²) >= 11 is 5.96. The Morgan fingerprint density at radius 1 is 1.21 bits per heavy atom. The zero-order valence-corrected chi connectivity index (χ0v) is 15.9. The number of rotatable bonds is 5. The number of carbonyl (C=O) groups excluding carboxylic acids is 2. The lowest BCUT2D eigenvalue weighted by Crippen LogP contribution is -2.10. The van der Waals surface area contributed by atoms with Crippen molar-refractivity contribution in [3.63, 3.8) is 0 Å². The van der Waals surface area contributed by atoms with E-state index in [0.717, 1.165) is 0 Å². The van der Waals surface area contributed by atoms with Crippen LogP contribution < -0.4 is 9.47 Å². The quantitative estimate of drug-likeness (QED) is 0.423. The molecular formula is C20H16ClNO6. The average molecular weight is 402 g/mol. The smallest absolute Gasteiger partial charge is 0.493 e. The number of aliphatic imine (C=N–C) groups is 1. The van der Waals surface area contributed by atoms with Crippen LogP contribution in [0.15, 0.2) is 53.2 Å². The van der Waals surface area contributed by atoms with E-state index in [1.54, 1.807) is 43.3 Å². The van der Waals surface area contributed by atoms with Crippen molar-refractivity contribution in [1.82, 2.24) is 0 Å². The summed E-state index contributed by atoms with van der Waals surface area (Å²) < 4.78 is 20.3. The van der Waals surface area contributed by atoms with Gasteiger partial charge in [0.2, 0.25) is 5.90 Å². The Hall–Kier alpha value is -3.32. The molecule has 0 aliphatic carbocycles. The number of carbonyl (C=O) groups is 2. The Balaban J connectivity index is 1.86. The molecule has 2 aromatic carbocycles. The van der Waals surface area contributed by atoms with Gasteiger partial charge in [0.1, 0.15) is 0 Å². The lowest BCUT2D eigenvalue weighted by molar-refractivity contribution is -0.129. The first-order valence-corrected chi connectivity index (χ1v) is 8.69. The average Bonchev–Trinajstić information content (AvgIpc) is 3.03. The Labute approximate surface area is 166 Å². The fraction of sp³-hybridized carbons (Fsp3) is 0.150. The number of hydrogen-bond acceptors (Lipinski definition) is 7. The number of ether oxygens (including phenoxy) is 4. The molecule has 3 rings (SSSR count). The molecule has 1 aliphatic rings. The summed E-state index contributed by atoms with van der Waals surface area (Å²) in [5.41, 5.74) is 1.33. The van der Waals surface area contributed by atoms with Crippen LogP contribution in [0.2, 0.25) is 5.02 Å². The van der Waals surface area contributed by atoms with Gasteiger partial charge in [0.05, 0.1) is 13.7 Å². The molecule has 28 heavy (non-hydrogen) atoms. The van der Waals surface area contributed by atoms with Crippen molar-refractivity contribution in [2.24, 2.45) is 4.99 Å². The Morgan fingerprint density at radius 3 is 2.75 bits per heavy atom. The second kappa shape index (κ2) is 8.58. The van der Waals surface area contributed by atoms with Crippen LogP contribution in [0.1, 0.15) is 18.1 Å². The second-order valence-electron chi connectivity index (χ2n) is 5.54. The Morgan fingerprint density at radius 2 is 2.04 bits per heavy atom. The molecule has 144 valence electrons. The molecule has 0 saturated heterocycles. The van der Waals surface area contributed by atoms with E-state index in [0.29, 0.717) is 21.9 Å². The highest BCUT2D eigenvalue weighted by atomic mass is 35.5. The lowest BCUT2D eigenvalue weighted by atomic mass is 10.1. The molecule has 0 amide bonds. The summed E-state index contributed by atoms with van der Waals surface area (Å²) in [6.07, 6.45) is 0.707. The highest BCUT2D eigenvalue weighted by Gasteiger charge is 2.24. The Bertz CT molecular complexity index is 982. The van der Waals surface area contributed by atoms with E-state index in [4.69, 9.17) is 30.5 Å². The summed E-state index contributed by atoms with van der Waals surface area (Å²) in [7, 11) is 1.43. The summed E-state index contributed by atoms with van der Waals surface area (Å²) in [5.74, 6) is 0.0850. The summed E-state index contributed by atoms with van der Waals surface area (Å²) in [6.45, 7) is 1.87. The molecule has 1 heterocycles. The maximum atomic E-state index is 12.1. The lowest BCUT2D eigenvalue weighted by Gasteiger charge is -2.09. The zero-order valence-electron chi connectivity index (χ0n) is 15.1. The normalized spacial score (nSPS) is 14.5. The van der Waals surface area contributed by atoms with Gasteiger partial charge in [0.15, 0.2) is 17.2 Å². The van der Waals surface area contributed by atoms with Gasteiger partial charge in [-0.2, -0.15) is 0 Å². The third kappa shape index (κ3) is 4.50. The van der Waals surface area contributed by atoms with Gasteiger partial charge < -0.3 is 18.9 Å². The number of cyclic esters (lactones) is 1. The van der Waals surface area contributed by atoms with E-state index in [9.17, 15) is 9.59 Å². The Kier molecular flexibility index (Phi) is 5.96. The SMILES string of the molecule is CCOC(=O)Oc1ccc(/C=C2\N=C(c3cccc(Cl)c3)OC2=O)cc1OC. The van der Waals surface area contributed by atoms with Gasteiger partial charge in [0.25, 0.3) is 0 Å². The molecule has 1 aliphatic heterocycles. The molecule has 0 atom stereocenters. The summed E-state index contributed by atoms with van der Waals surface area (Å²) in [6, 6.07) is 11.6. The third-order valence-electron chi connectivity index (χ3n) is 3.64. The fourth-order valence-corrected chi connectivity index (χ4v) is 2.60. The van der Waals surface area contributed by atoms with Crippen molar-refractivity contribution >= 4 is 35.7 Å². The molecule has 0 radical (unpaired) electrons. The van der Waals surface area contributed by atoms with Crippen LogP contribution in [-0.4, -0.2) is 31.7 Å². The molecular weight excluding hydrogens is 386 g/mol. The van der Waals surface area contributed by atoms with Crippen LogP contribution in [-0.2, 0) is 14.3 Å². The van der Waals surface area contributed by atoms with Crippen LogP contribution >= 0.6 is 11.6 Å². The highest BCUT2D eigenvalue weighted by Crippen LogP contribution is 2.30. The van der Waals surface area contributed by atoms with Gasteiger partial charge in [-0.1, -0.05) is 23.7 Å². The number of benzene rings is 2.